The van der Waals surface area contributed by atoms with E-state index >= 15 is 0 Å². The van der Waals surface area contributed by atoms with Crippen molar-refractivity contribution in [2.45, 2.75) is 20.5 Å². The number of rotatable bonds is 5. The van der Waals surface area contributed by atoms with Crippen molar-refractivity contribution in [1.29, 1.82) is 0 Å². The molecule has 0 unspecified atom stereocenters. The van der Waals surface area contributed by atoms with Crippen LogP contribution in [0.2, 0.25) is 0 Å². The fourth-order valence-electron chi connectivity index (χ4n) is 2.00. The smallest absolute Gasteiger partial charge is 0.146 e. The third-order valence-electron chi connectivity index (χ3n) is 2.88. The molecule has 0 spiro atoms. The Hall–Kier alpha value is -1.88. The summed E-state index contributed by atoms with van der Waals surface area (Å²) in [7, 11) is 1.63. The Bertz CT molecular complexity index is 636. The molecule has 1 aromatic carbocycles. The molecule has 1 aromatic heterocycles. The summed E-state index contributed by atoms with van der Waals surface area (Å²) in [5, 5.41) is 3.97. The molecule has 0 N–H and O–H groups in total. The first-order valence-corrected chi connectivity index (χ1v) is 7.31. The van der Waals surface area contributed by atoms with E-state index in [1.807, 2.05) is 44.2 Å². The summed E-state index contributed by atoms with van der Waals surface area (Å²) in [5.41, 5.74) is 3.82. The van der Waals surface area contributed by atoms with Crippen molar-refractivity contribution in [3.8, 4) is 5.75 Å². The fourth-order valence-corrected chi connectivity index (χ4v) is 2.46. The maximum atomic E-state index is 5.35. The molecule has 5 heteroatoms. The van der Waals surface area contributed by atoms with Gasteiger partial charge in [0, 0.05) is 15.7 Å². The van der Waals surface area contributed by atoms with Crippen LogP contribution in [0.3, 0.4) is 0 Å². The maximum Gasteiger partial charge on any atom is 0.146 e. The Morgan fingerprint density at radius 3 is 2.81 bits per heavy atom. The lowest BCUT2D eigenvalue weighted by molar-refractivity contribution is 0.129. The zero-order valence-corrected chi connectivity index (χ0v) is 13.8. The van der Waals surface area contributed by atoms with Crippen LogP contribution in [0.4, 0.5) is 0 Å². The first-order valence-electron chi connectivity index (χ1n) is 6.52. The van der Waals surface area contributed by atoms with Gasteiger partial charge in [0.2, 0.25) is 0 Å². The molecular weight excluding hydrogens is 332 g/mol. The third-order valence-corrected chi connectivity index (χ3v) is 3.62. The summed E-state index contributed by atoms with van der Waals surface area (Å²) in [6.07, 6.45) is 1.61. The summed E-state index contributed by atoms with van der Waals surface area (Å²) < 4.78 is 6.23. The second kappa shape index (κ2) is 7.22. The van der Waals surface area contributed by atoms with Crippen LogP contribution in [0, 0.1) is 13.8 Å². The lowest BCUT2D eigenvalue weighted by atomic mass is 10.2. The monoisotopic (exact) mass is 348 g/mol. The van der Waals surface area contributed by atoms with Gasteiger partial charge in [0.1, 0.15) is 12.4 Å². The molecule has 0 fully saturated rings. The molecule has 0 aliphatic carbocycles. The van der Waals surface area contributed by atoms with Gasteiger partial charge in [0.25, 0.3) is 0 Å². The number of aryl methyl sites for hydroxylation is 2. The van der Waals surface area contributed by atoms with E-state index in [1.165, 1.54) is 0 Å². The highest BCUT2D eigenvalue weighted by Crippen LogP contribution is 2.27. The molecule has 0 atom stereocenters. The van der Waals surface area contributed by atoms with Crippen molar-refractivity contribution in [3.63, 3.8) is 0 Å². The number of ether oxygens (including phenoxy) is 1. The van der Waals surface area contributed by atoms with Gasteiger partial charge >= 0.3 is 0 Å². The molecule has 0 saturated carbocycles. The summed E-state index contributed by atoms with van der Waals surface area (Å²) in [5.74, 6) is 0.768. The molecule has 21 heavy (non-hydrogen) atoms. The molecule has 0 aliphatic heterocycles. The molecule has 0 aliphatic rings. The van der Waals surface area contributed by atoms with Crippen LogP contribution in [0.5, 0.6) is 5.75 Å². The van der Waals surface area contributed by atoms with Crippen molar-refractivity contribution in [2.24, 2.45) is 5.16 Å². The van der Waals surface area contributed by atoms with Gasteiger partial charge in [-0.05, 0) is 43.7 Å². The number of hydrogen-bond acceptors (Lipinski definition) is 4. The summed E-state index contributed by atoms with van der Waals surface area (Å²) >= 11 is 3.48. The number of hydrogen-bond donors (Lipinski definition) is 0. The summed E-state index contributed by atoms with van der Waals surface area (Å²) in [6, 6.07) is 9.72. The second-order valence-corrected chi connectivity index (χ2v) is 5.49. The minimum atomic E-state index is 0.325. The van der Waals surface area contributed by atoms with Crippen molar-refractivity contribution >= 4 is 22.1 Å². The Morgan fingerprint density at radius 2 is 2.10 bits per heavy atom. The molecule has 1 heterocycles. The first kappa shape index (κ1) is 15.5. The van der Waals surface area contributed by atoms with Crippen LogP contribution in [0.25, 0.3) is 0 Å². The predicted molar refractivity (Wildman–Crippen MR) is 86.8 cm³/mol. The van der Waals surface area contributed by atoms with E-state index in [0.29, 0.717) is 6.61 Å². The Labute approximate surface area is 132 Å². The molecular formula is C16H17BrN2O2. The Balaban J connectivity index is 2.03. The lowest BCUT2D eigenvalue weighted by Gasteiger charge is -2.08. The maximum absolute atomic E-state index is 5.35. The second-order valence-electron chi connectivity index (χ2n) is 4.64. The Kier molecular flexibility index (Phi) is 5.33. The standard InChI is InChI=1S/C16H17BrN2O2/c1-11-7-12(2)19-13(8-11)9-18-21-10-14-15(17)5-4-6-16(14)20-3/h4-9H,10H2,1-3H3. The number of benzene rings is 1. The van der Waals surface area contributed by atoms with Gasteiger partial charge in [-0.25, -0.2) is 0 Å². The van der Waals surface area contributed by atoms with Gasteiger partial charge in [0.15, 0.2) is 0 Å². The number of oxime groups is 1. The van der Waals surface area contributed by atoms with Gasteiger partial charge in [-0.2, -0.15) is 0 Å². The number of pyridine rings is 1. The molecule has 4 nitrogen and oxygen atoms in total. The van der Waals surface area contributed by atoms with Crippen molar-refractivity contribution < 1.29 is 9.57 Å². The van der Waals surface area contributed by atoms with Crippen LogP contribution >= 0.6 is 15.9 Å². The fraction of sp³-hybridized carbons (Fsp3) is 0.250. The summed E-state index contributed by atoms with van der Waals surface area (Å²) in [6.45, 7) is 4.31. The number of methoxy groups -OCH3 is 1. The van der Waals surface area contributed by atoms with Crippen molar-refractivity contribution in [3.05, 3.63) is 57.3 Å². The van der Waals surface area contributed by atoms with Crippen molar-refractivity contribution in [1.82, 2.24) is 4.98 Å². The zero-order valence-electron chi connectivity index (χ0n) is 12.3. The topological polar surface area (TPSA) is 43.7 Å². The lowest BCUT2D eigenvalue weighted by Crippen LogP contribution is -1.96. The highest BCUT2D eigenvalue weighted by molar-refractivity contribution is 9.10. The number of aromatic nitrogens is 1. The number of halogens is 1. The minimum absolute atomic E-state index is 0.325. The molecule has 2 aromatic rings. The molecule has 0 bridgehead atoms. The van der Waals surface area contributed by atoms with Gasteiger partial charge in [0.05, 0.1) is 19.0 Å². The number of nitrogens with zero attached hydrogens (tertiary/aromatic N) is 2. The van der Waals surface area contributed by atoms with Gasteiger partial charge < -0.3 is 9.57 Å². The van der Waals surface area contributed by atoms with Crippen LogP contribution in [-0.4, -0.2) is 18.3 Å². The van der Waals surface area contributed by atoms with Crippen molar-refractivity contribution in [2.75, 3.05) is 7.11 Å². The first-order chi connectivity index (χ1) is 10.1. The zero-order chi connectivity index (χ0) is 15.2. The Morgan fingerprint density at radius 1 is 1.29 bits per heavy atom. The van der Waals surface area contributed by atoms with E-state index in [4.69, 9.17) is 9.57 Å². The molecule has 0 saturated heterocycles. The average Bonchev–Trinajstić information content (AvgIpc) is 2.43. The summed E-state index contributed by atoms with van der Waals surface area (Å²) in [4.78, 5) is 9.71. The van der Waals surface area contributed by atoms with Crippen LogP contribution in [0.1, 0.15) is 22.5 Å². The van der Waals surface area contributed by atoms with Gasteiger partial charge in [-0.15, -0.1) is 0 Å². The largest absolute Gasteiger partial charge is 0.496 e. The quantitative estimate of drug-likeness (QED) is 0.605. The van der Waals surface area contributed by atoms with E-state index < -0.39 is 0 Å². The highest BCUT2D eigenvalue weighted by Gasteiger charge is 2.07. The third kappa shape index (κ3) is 4.29. The van der Waals surface area contributed by atoms with E-state index in [2.05, 4.69) is 26.1 Å². The molecule has 2 rings (SSSR count). The average molecular weight is 349 g/mol. The van der Waals surface area contributed by atoms with Crippen LogP contribution in [-0.2, 0) is 11.4 Å². The highest BCUT2D eigenvalue weighted by atomic mass is 79.9. The molecule has 0 radical (unpaired) electrons. The molecule has 0 amide bonds. The predicted octanol–water partition coefficient (Wildman–Crippen LogP) is 4.02. The molecule has 110 valence electrons. The van der Waals surface area contributed by atoms with E-state index in [1.54, 1.807) is 13.3 Å². The van der Waals surface area contributed by atoms with Crippen LogP contribution in [0.15, 0.2) is 40.0 Å². The SMILES string of the molecule is COc1cccc(Br)c1CON=Cc1cc(C)cc(C)n1. The van der Waals surface area contributed by atoms with Crippen LogP contribution < -0.4 is 4.74 Å². The minimum Gasteiger partial charge on any atom is -0.496 e. The van der Waals surface area contributed by atoms with E-state index in [0.717, 1.165) is 32.7 Å². The van der Waals surface area contributed by atoms with Gasteiger partial charge in [-0.3, -0.25) is 4.98 Å². The van der Waals surface area contributed by atoms with E-state index in [9.17, 15) is 0 Å². The van der Waals surface area contributed by atoms with E-state index in [-0.39, 0.29) is 0 Å². The normalized spacial score (nSPS) is 10.9. The van der Waals surface area contributed by atoms with Gasteiger partial charge in [-0.1, -0.05) is 27.2 Å².